The molecular formula is C12H20O3S. The molecule has 2 aliphatic carbocycles. The number of fused-ring (bicyclic) bond motifs is 1. The molecule has 2 bridgehead atoms. The van der Waals surface area contributed by atoms with Gasteiger partial charge in [0.2, 0.25) is 0 Å². The van der Waals surface area contributed by atoms with Crippen molar-refractivity contribution in [1.29, 1.82) is 0 Å². The van der Waals surface area contributed by atoms with E-state index in [0.717, 1.165) is 6.42 Å². The van der Waals surface area contributed by atoms with Crippen LogP contribution in [0.1, 0.15) is 34.1 Å². The predicted octanol–water partition coefficient (Wildman–Crippen LogP) is 1.22. The van der Waals surface area contributed by atoms with E-state index >= 15 is 0 Å². The highest BCUT2D eigenvalue weighted by Crippen LogP contribution is 2.77. The van der Waals surface area contributed by atoms with E-state index < -0.39 is 15.4 Å². The van der Waals surface area contributed by atoms with Gasteiger partial charge in [-0.3, -0.25) is 0 Å². The van der Waals surface area contributed by atoms with E-state index in [2.05, 4.69) is 20.8 Å². The van der Waals surface area contributed by atoms with Crippen molar-refractivity contribution in [3.8, 4) is 0 Å². The van der Waals surface area contributed by atoms with Crippen molar-refractivity contribution in [3.63, 3.8) is 0 Å². The second-order valence-electron chi connectivity index (χ2n) is 6.64. The summed E-state index contributed by atoms with van der Waals surface area (Å²) in [7, 11) is -2.92. The summed E-state index contributed by atoms with van der Waals surface area (Å²) >= 11 is 0. The Bertz CT molecular complexity index is 462. The molecule has 3 rings (SSSR count). The van der Waals surface area contributed by atoms with Gasteiger partial charge in [-0.25, -0.2) is 8.42 Å². The van der Waals surface area contributed by atoms with Crippen LogP contribution < -0.4 is 0 Å². The summed E-state index contributed by atoms with van der Waals surface area (Å²) in [6.07, 6.45) is 0.744. The van der Waals surface area contributed by atoms with Gasteiger partial charge >= 0.3 is 0 Å². The Morgan fingerprint density at radius 3 is 2.19 bits per heavy atom. The fourth-order valence-corrected chi connectivity index (χ4v) is 8.23. The fraction of sp³-hybridized carbons (Fsp3) is 1.00. The maximum atomic E-state index is 11.9. The van der Waals surface area contributed by atoms with Crippen molar-refractivity contribution >= 4 is 9.84 Å². The van der Waals surface area contributed by atoms with Gasteiger partial charge in [0, 0.05) is 5.41 Å². The summed E-state index contributed by atoms with van der Waals surface area (Å²) in [4.78, 5) is 0. The molecule has 1 aliphatic heterocycles. The van der Waals surface area contributed by atoms with Gasteiger partial charge in [-0.2, -0.15) is 0 Å². The first-order valence-corrected chi connectivity index (χ1v) is 7.76. The lowest BCUT2D eigenvalue weighted by atomic mass is 9.65. The molecule has 16 heavy (non-hydrogen) atoms. The predicted molar refractivity (Wildman–Crippen MR) is 61.7 cm³/mol. The van der Waals surface area contributed by atoms with Crippen LogP contribution in [0.2, 0.25) is 0 Å². The molecule has 3 fully saturated rings. The van der Waals surface area contributed by atoms with E-state index in [0.29, 0.717) is 5.92 Å². The molecule has 1 N–H and O–H groups in total. The van der Waals surface area contributed by atoms with E-state index in [1.54, 1.807) is 0 Å². The molecule has 1 heterocycles. The van der Waals surface area contributed by atoms with Crippen LogP contribution >= 0.6 is 0 Å². The van der Waals surface area contributed by atoms with E-state index in [9.17, 15) is 13.5 Å². The molecule has 3 nitrogen and oxygen atoms in total. The van der Waals surface area contributed by atoms with Crippen molar-refractivity contribution in [3.05, 3.63) is 0 Å². The molecule has 0 aromatic carbocycles. The van der Waals surface area contributed by atoms with Gasteiger partial charge in [-0.1, -0.05) is 20.8 Å². The molecule has 4 heteroatoms. The van der Waals surface area contributed by atoms with Crippen LogP contribution in [0.25, 0.3) is 0 Å². The van der Waals surface area contributed by atoms with Crippen LogP contribution in [-0.4, -0.2) is 30.1 Å². The van der Waals surface area contributed by atoms with Crippen molar-refractivity contribution in [2.45, 2.75) is 45.0 Å². The third-order valence-electron chi connectivity index (χ3n) is 6.61. The second-order valence-corrected chi connectivity index (χ2v) is 8.82. The smallest absolute Gasteiger partial charge is 0.154 e. The van der Waals surface area contributed by atoms with Crippen LogP contribution in [0.5, 0.6) is 0 Å². The Kier molecular flexibility index (Phi) is 1.63. The highest BCUT2D eigenvalue weighted by molar-refractivity contribution is 7.93. The van der Waals surface area contributed by atoms with Gasteiger partial charge in [-0.05, 0) is 30.6 Å². The molecule has 0 radical (unpaired) electrons. The molecule has 92 valence electrons. The number of sulfone groups is 1. The third kappa shape index (κ3) is 0.742. The first-order chi connectivity index (χ1) is 7.11. The maximum Gasteiger partial charge on any atom is 0.154 e. The Labute approximate surface area is 97.2 Å². The van der Waals surface area contributed by atoms with E-state index in [1.807, 2.05) is 6.92 Å². The van der Waals surface area contributed by atoms with Crippen LogP contribution in [0.4, 0.5) is 0 Å². The SMILES string of the molecule is CC1C2(C)CC3C(CS3(=O)=O)(C2C)C1(C)O. The minimum absolute atomic E-state index is 0.0161. The summed E-state index contributed by atoms with van der Waals surface area (Å²) in [5.74, 6) is 0.680. The number of hydrogen-bond acceptors (Lipinski definition) is 3. The normalized spacial score (nSPS) is 66.4. The Balaban J connectivity index is 2.22. The maximum absolute atomic E-state index is 11.9. The van der Waals surface area contributed by atoms with Gasteiger partial charge in [0.15, 0.2) is 9.84 Å². The van der Waals surface area contributed by atoms with Gasteiger partial charge in [-0.15, -0.1) is 0 Å². The molecule has 1 saturated heterocycles. The standard InChI is InChI=1S/C12H20O3S/c1-7-10(3)5-9-12(8(10)2,11(7,4)13)6-16(9,14)15/h7-9,13H,5-6H2,1-4H3. The zero-order valence-electron chi connectivity index (χ0n) is 10.3. The molecule has 0 aromatic heterocycles. The second kappa shape index (κ2) is 2.37. The molecule has 0 amide bonds. The molecule has 6 unspecified atom stereocenters. The molecule has 6 atom stereocenters. The Morgan fingerprint density at radius 1 is 1.19 bits per heavy atom. The van der Waals surface area contributed by atoms with Gasteiger partial charge in [0.25, 0.3) is 0 Å². The minimum atomic E-state index is -2.92. The number of aliphatic hydroxyl groups is 1. The highest BCUT2D eigenvalue weighted by Gasteiger charge is 2.83. The third-order valence-corrected chi connectivity index (χ3v) is 8.94. The van der Waals surface area contributed by atoms with Gasteiger partial charge in [0.05, 0.1) is 16.6 Å². The average molecular weight is 244 g/mol. The quantitative estimate of drug-likeness (QED) is 0.697. The van der Waals surface area contributed by atoms with Crippen molar-refractivity contribution in [1.82, 2.24) is 0 Å². The van der Waals surface area contributed by atoms with E-state index in [-0.39, 0.29) is 27.8 Å². The molecule has 0 aromatic rings. The first kappa shape index (κ1) is 11.0. The van der Waals surface area contributed by atoms with Crippen molar-refractivity contribution < 1.29 is 13.5 Å². The number of hydrogen-bond donors (Lipinski definition) is 1. The Morgan fingerprint density at radius 2 is 1.75 bits per heavy atom. The van der Waals surface area contributed by atoms with E-state index in [4.69, 9.17) is 0 Å². The largest absolute Gasteiger partial charge is 0.389 e. The zero-order chi connectivity index (χ0) is 12.1. The molecule has 3 aliphatic rings. The fourth-order valence-electron chi connectivity index (χ4n) is 5.13. The average Bonchev–Trinajstić information content (AvgIpc) is 2.42. The summed E-state index contributed by atoms with van der Waals surface area (Å²) in [6, 6.07) is 0. The first-order valence-electron chi connectivity index (χ1n) is 6.04. The highest BCUT2D eigenvalue weighted by atomic mass is 32.2. The lowest BCUT2D eigenvalue weighted by Gasteiger charge is -2.56. The van der Waals surface area contributed by atoms with Crippen LogP contribution in [0, 0.1) is 22.7 Å². The summed E-state index contributed by atoms with van der Waals surface area (Å²) in [6.45, 7) is 8.21. The van der Waals surface area contributed by atoms with Crippen LogP contribution in [0.15, 0.2) is 0 Å². The lowest BCUT2D eigenvalue weighted by molar-refractivity contribution is -0.0999. The Hall–Kier alpha value is -0.0900. The monoisotopic (exact) mass is 244 g/mol. The van der Waals surface area contributed by atoms with Crippen LogP contribution in [0.3, 0.4) is 0 Å². The summed E-state index contributed by atoms with van der Waals surface area (Å²) < 4.78 is 23.7. The summed E-state index contributed by atoms with van der Waals surface area (Å²) in [5.41, 5.74) is -1.20. The van der Waals surface area contributed by atoms with Crippen molar-refractivity contribution in [2.75, 3.05) is 5.75 Å². The minimum Gasteiger partial charge on any atom is -0.389 e. The molecular weight excluding hydrogens is 224 g/mol. The number of rotatable bonds is 0. The lowest BCUT2D eigenvalue weighted by Crippen LogP contribution is -2.68. The van der Waals surface area contributed by atoms with Gasteiger partial charge < -0.3 is 5.11 Å². The van der Waals surface area contributed by atoms with Crippen LogP contribution in [-0.2, 0) is 9.84 Å². The van der Waals surface area contributed by atoms with E-state index in [1.165, 1.54) is 0 Å². The topological polar surface area (TPSA) is 54.4 Å². The van der Waals surface area contributed by atoms with Crippen molar-refractivity contribution in [2.24, 2.45) is 22.7 Å². The molecule has 1 spiro atoms. The summed E-state index contributed by atoms with van der Waals surface area (Å²) in [5, 5.41) is 10.5. The zero-order valence-corrected chi connectivity index (χ0v) is 11.1. The van der Waals surface area contributed by atoms with Gasteiger partial charge in [0.1, 0.15) is 0 Å². The molecule has 2 saturated carbocycles.